The van der Waals surface area contributed by atoms with E-state index in [1.54, 1.807) is 0 Å². The first-order valence-electron chi connectivity index (χ1n) is 5.39. The van der Waals surface area contributed by atoms with Gasteiger partial charge in [-0.3, -0.25) is 0 Å². The number of allylic oxidation sites excluding steroid dienone is 5. The SMILES string of the molecule is C=CC1=CC=C(c2ccc(C)cc2)CC1. The van der Waals surface area contributed by atoms with Gasteiger partial charge in [-0.05, 0) is 36.5 Å². The molecule has 0 saturated heterocycles. The molecule has 0 saturated carbocycles. The van der Waals surface area contributed by atoms with Gasteiger partial charge in [0.15, 0.2) is 0 Å². The molecule has 0 bridgehead atoms. The number of benzene rings is 1. The molecule has 0 spiro atoms. The second kappa shape index (κ2) is 4.31. The third-order valence-electron chi connectivity index (χ3n) is 2.87. The van der Waals surface area contributed by atoms with E-state index in [-0.39, 0.29) is 0 Å². The summed E-state index contributed by atoms with van der Waals surface area (Å²) in [5.74, 6) is 0. The molecular weight excluding hydrogens is 180 g/mol. The Labute approximate surface area is 91.6 Å². The van der Waals surface area contributed by atoms with Gasteiger partial charge < -0.3 is 0 Å². The molecule has 1 aliphatic carbocycles. The van der Waals surface area contributed by atoms with Gasteiger partial charge in [0.05, 0.1) is 0 Å². The highest BCUT2D eigenvalue weighted by Gasteiger charge is 2.05. The van der Waals surface area contributed by atoms with Gasteiger partial charge in [0.1, 0.15) is 0 Å². The molecule has 0 heteroatoms. The van der Waals surface area contributed by atoms with Crippen molar-refractivity contribution in [3.05, 3.63) is 65.8 Å². The summed E-state index contributed by atoms with van der Waals surface area (Å²) in [7, 11) is 0. The van der Waals surface area contributed by atoms with E-state index < -0.39 is 0 Å². The first-order chi connectivity index (χ1) is 7.29. The fraction of sp³-hybridized carbons (Fsp3) is 0.200. The third-order valence-corrected chi connectivity index (χ3v) is 2.87. The molecule has 0 fully saturated rings. The zero-order valence-corrected chi connectivity index (χ0v) is 9.16. The highest BCUT2D eigenvalue weighted by atomic mass is 14.1. The van der Waals surface area contributed by atoms with Crippen LogP contribution in [-0.2, 0) is 0 Å². The van der Waals surface area contributed by atoms with E-state index in [9.17, 15) is 0 Å². The van der Waals surface area contributed by atoms with Crippen LogP contribution in [0, 0.1) is 6.92 Å². The average molecular weight is 196 g/mol. The van der Waals surface area contributed by atoms with Crippen molar-refractivity contribution in [1.82, 2.24) is 0 Å². The molecule has 0 amide bonds. The maximum atomic E-state index is 3.80. The molecule has 15 heavy (non-hydrogen) atoms. The van der Waals surface area contributed by atoms with Crippen molar-refractivity contribution in [3.63, 3.8) is 0 Å². The van der Waals surface area contributed by atoms with Crippen molar-refractivity contribution in [2.45, 2.75) is 19.8 Å². The Hall–Kier alpha value is -1.56. The van der Waals surface area contributed by atoms with Crippen LogP contribution in [0.5, 0.6) is 0 Å². The number of aryl methyl sites for hydroxylation is 1. The Bertz CT molecular complexity index is 416. The van der Waals surface area contributed by atoms with Gasteiger partial charge in [0.25, 0.3) is 0 Å². The maximum absolute atomic E-state index is 3.80. The Morgan fingerprint density at radius 2 is 1.80 bits per heavy atom. The van der Waals surface area contributed by atoms with Crippen molar-refractivity contribution in [3.8, 4) is 0 Å². The number of hydrogen-bond donors (Lipinski definition) is 0. The molecule has 1 aromatic rings. The van der Waals surface area contributed by atoms with E-state index in [4.69, 9.17) is 0 Å². The monoisotopic (exact) mass is 196 g/mol. The Kier molecular flexibility index (Phi) is 2.86. The zero-order valence-electron chi connectivity index (χ0n) is 9.16. The third kappa shape index (κ3) is 2.27. The summed E-state index contributed by atoms with van der Waals surface area (Å²) in [6.07, 6.45) is 8.57. The Morgan fingerprint density at radius 3 is 2.33 bits per heavy atom. The largest absolute Gasteiger partial charge is 0.0988 e. The van der Waals surface area contributed by atoms with Crippen molar-refractivity contribution >= 4 is 5.57 Å². The zero-order chi connectivity index (χ0) is 10.7. The minimum atomic E-state index is 1.11. The summed E-state index contributed by atoms with van der Waals surface area (Å²) < 4.78 is 0. The highest BCUT2D eigenvalue weighted by Crippen LogP contribution is 2.26. The second-order valence-electron chi connectivity index (χ2n) is 4.00. The Balaban J connectivity index is 2.26. The van der Waals surface area contributed by atoms with Crippen LogP contribution in [0.25, 0.3) is 5.57 Å². The van der Waals surface area contributed by atoms with Crippen LogP contribution in [-0.4, -0.2) is 0 Å². The summed E-state index contributed by atoms with van der Waals surface area (Å²) in [6, 6.07) is 8.74. The molecule has 0 heterocycles. The first-order valence-corrected chi connectivity index (χ1v) is 5.39. The summed E-state index contributed by atoms with van der Waals surface area (Å²) in [5.41, 5.74) is 5.43. The molecule has 76 valence electrons. The average Bonchev–Trinajstić information content (AvgIpc) is 2.30. The molecule has 1 aromatic carbocycles. The van der Waals surface area contributed by atoms with E-state index in [1.807, 2.05) is 6.08 Å². The molecule has 1 aliphatic rings. The minimum absolute atomic E-state index is 1.11. The van der Waals surface area contributed by atoms with Crippen LogP contribution in [0.15, 0.2) is 54.6 Å². The van der Waals surface area contributed by atoms with Crippen LogP contribution in [0.4, 0.5) is 0 Å². The summed E-state index contributed by atoms with van der Waals surface area (Å²) in [6.45, 7) is 5.92. The van der Waals surface area contributed by atoms with Gasteiger partial charge in [0.2, 0.25) is 0 Å². The lowest BCUT2D eigenvalue weighted by Crippen LogP contribution is -1.91. The predicted octanol–water partition coefficient (Wildman–Crippen LogP) is 4.28. The summed E-state index contributed by atoms with van der Waals surface area (Å²) in [5, 5.41) is 0. The van der Waals surface area contributed by atoms with Gasteiger partial charge in [-0.1, -0.05) is 54.6 Å². The highest BCUT2D eigenvalue weighted by molar-refractivity contribution is 5.69. The van der Waals surface area contributed by atoms with Crippen molar-refractivity contribution in [2.24, 2.45) is 0 Å². The molecule has 0 radical (unpaired) electrons. The van der Waals surface area contributed by atoms with E-state index in [0.29, 0.717) is 0 Å². The van der Waals surface area contributed by atoms with Crippen LogP contribution >= 0.6 is 0 Å². The van der Waals surface area contributed by atoms with Gasteiger partial charge in [-0.2, -0.15) is 0 Å². The van der Waals surface area contributed by atoms with Crippen LogP contribution in [0.2, 0.25) is 0 Å². The molecule has 0 nitrogen and oxygen atoms in total. The standard InChI is InChI=1S/C15H16/c1-3-13-6-10-15(11-7-13)14-8-4-12(2)5-9-14/h3-6,8-10H,1,7,11H2,2H3. The van der Waals surface area contributed by atoms with E-state index in [2.05, 4.69) is 49.9 Å². The lowest BCUT2D eigenvalue weighted by Gasteiger charge is -2.12. The molecule has 0 aliphatic heterocycles. The van der Waals surface area contributed by atoms with E-state index >= 15 is 0 Å². The molecule has 0 atom stereocenters. The molecule has 0 N–H and O–H groups in total. The predicted molar refractivity (Wildman–Crippen MR) is 66.7 cm³/mol. The topological polar surface area (TPSA) is 0 Å². The second-order valence-corrected chi connectivity index (χ2v) is 4.00. The fourth-order valence-electron chi connectivity index (χ4n) is 1.83. The van der Waals surface area contributed by atoms with E-state index in [0.717, 1.165) is 12.8 Å². The number of rotatable bonds is 2. The van der Waals surface area contributed by atoms with Crippen LogP contribution in [0.3, 0.4) is 0 Å². The lowest BCUT2D eigenvalue weighted by molar-refractivity contribution is 1.01. The molecule has 2 rings (SSSR count). The van der Waals surface area contributed by atoms with Crippen molar-refractivity contribution in [1.29, 1.82) is 0 Å². The van der Waals surface area contributed by atoms with Crippen LogP contribution < -0.4 is 0 Å². The normalized spacial score (nSPS) is 15.5. The van der Waals surface area contributed by atoms with Gasteiger partial charge >= 0.3 is 0 Å². The molecule has 0 aromatic heterocycles. The van der Waals surface area contributed by atoms with Gasteiger partial charge in [-0.15, -0.1) is 0 Å². The fourth-order valence-corrected chi connectivity index (χ4v) is 1.83. The van der Waals surface area contributed by atoms with Crippen molar-refractivity contribution in [2.75, 3.05) is 0 Å². The smallest absolute Gasteiger partial charge is 0.0224 e. The van der Waals surface area contributed by atoms with Crippen LogP contribution in [0.1, 0.15) is 24.0 Å². The number of hydrogen-bond acceptors (Lipinski definition) is 0. The Morgan fingerprint density at radius 1 is 1.07 bits per heavy atom. The summed E-state index contributed by atoms with van der Waals surface area (Å²) >= 11 is 0. The lowest BCUT2D eigenvalue weighted by atomic mass is 9.93. The van der Waals surface area contributed by atoms with Gasteiger partial charge in [0, 0.05) is 0 Å². The van der Waals surface area contributed by atoms with Crippen molar-refractivity contribution < 1.29 is 0 Å². The molecule has 0 unspecified atom stereocenters. The van der Waals surface area contributed by atoms with E-state index in [1.165, 1.54) is 22.3 Å². The minimum Gasteiger partial charge on any atom is -0.0988 e. The first kappa shape index (κ1) is 9.97. The maximum Gasteiger partial charge on any atom is -0.0224 e. The quantitative estimate of drug-likeness (QED) is 0.662. The summed E-state index contributed by atoms with van der Waals surface area (Å²) in [4.78, 5) is 0. The van der Waals surface area contributed by atoms with Gasteiger partial charge in [-0.25, -0.2) is 0 Å². The molecular formula is C15H16.